The summed E-state index contributed by atoms with van der Waals surface area (Å²) in [5.74, 6) is 0.393. The fourth-order valence-electron chi connectivity index (χ4n) is 1.98. The summed E-state index contributed by atoms with van der Waals surface area (Å²) < 4.78 is 24.0. The molecule has 0 aromatic heterocycles. The summed E-state index contributed by atoms with van der Waals surface area (Å²) in [6.07, 6.45) is 3.32. The van der Waals surface area contributed by atoms with E-state index in [9.17, 15) is 13.2 Å². The van der Waals surface area contributed by atoms with E-state index in [4.69, 9.17) is 0 Å². The highest BCUT2D eigenvalue weighted by atomic mass is 32.2. The molecule has 5 nitrogen and oxygen atoms in total. The van der Waals surface area contributed by atoms with Crippen LogP contribution in [0, 0.1) is 5.92 Å². The third kappa shape index (κ3) is 4.09. The Morgan fingerprint density at radius 3 is 2.38 bits per heavy atom. The molecule has 1 aliphatic heterocycles. The normalized spacial score (nSPS) is 19.6. The Morgan fingerprint density at radius 1 is 1.38 bits per heavy atom. The van der Waals surface area contributed by atoms with Crippen LogP contribution < -0.4 is 5.32 Å². The van der Waals surface area contributed by atoms with Gasteiger partial charge in [-0.05, 0) is 25.7 Å². The van der Waals surface area contributed by atoms with E-state index in [0.29, 0.717) is 32.0 Å². The monoisotopic (exact) mass is 248 g/mol. The number of sulfonamides is 1. The average molecular weight is 248 g/mol. The van der Waals surface area contributed by atoms with Gasteiger partial charge in [0.05, 0.1) is 6.26 Å². The summed E-state index contributed by atoms with van der Waals surface area (Å²) >= 11 is 0. The van der Waals surface area contributed by atoms with E-state index in [0.717, 1.165) is 12.8 Å². The third-order valence-corrected chi connectivity index (χ3v) is 4.19. The molecular weight excluding hydrogens is 228 g/mol. The first kappa shape index (κ1) is 13.4. The molecule has 0 aliphatic carbocycles. The molecule has 0 aromatic rings. The van der Waals surface area contributed by atoms with Crippen LogP contribution in [-0.2, 0) is 14.8 Å². The van der Waals surface area contributed by atoms with Gasteiger partial charge in [0.1, 0.15) is 0 Å². The van der Waals surface area contributed by atoms with Crippen LogP contribution in [0.1, 0.15) is 26.2 Å². The zero-order chi connectivity index (χ0) is 12.2. The molecule has 0 unspecified atom stereocenters. The molecule has 1 heterocycles. The van der Waals surface area contributed by atoms with Crippen molar-refractivity contribution < 1.29 is 13.2 Å². The van der Waals surface area contributed by atoms with E-state index < -0.39 is 10.0 Å². The van der Waals surface area contributed by atoms with Crippen LogP contribution in [0.15, 0.2) is 0 Å². The maximum atomic E-state index is 11.3. The number of carbonyl (C=O) groups excluding carboxylic acids is 1. The average Bonchev–Trinajstić information content (AvgIpc) is 2.17. The standard InChI is InChI=1S/C10H20N2O3S/c1-3-11-10(13)8-9-4-6-12(7-5-9)16(2,14)15/h9H,3-8H2,1-2H3,(H,11,13). The summed E-state index contributed by atoms with van der Waals surface area (Å²) in [5.41, 5.74) is 0. The lowest BCUT2D eigenvalue weighted by Crippen LogP contribution is -2.39. The quantitative estimate of drug-likeness (QED) is 0.772. The van der Waals surface area contributed by atoms with Crippen LogP contribution in [0.2, 0.25) is 0 Å². The minimum Gasteiger partial charge on any atom is -0.356 e. The number of hydrogen-bond acceptors (Lipinski definition) is 3. The van der Waals surface area contributed by atoms with Gasteiger partial charge in [-0.25, -0.2) is 12.7 Å². The minimum absolute atomic E-state index is 0.0697. The number of amides is 1. The van der Waals surface area contributed by atoms with E-state index in [-0.39, 0.29) is 5.91 Å². The van der Waals surface area contributed by atoms with Crippen molar-refractivity contribution in [3.05, 3.63) is 0 Å². The van der Waals surface area contributed by atoms with E-state index in [1.807, 2.05) is 6.92 Å². The summed E-state index contributed by atoms with van der Waals surface area (Å²) in [4.78, 5) is 11.3. The maximum absolute atomic E-state index is 11.3. The summed E-state index contributed by atoms with van der Waals surface area (Å²) in [5, 5.41) is 2.76. The zero-order valence-electron chi connectivity index (χ0n) is 9.90. The van der Waals surface area contributed by atoms with Crippen molar-refractivity contribution in [2.24, 2.45) is 5.92 Å². The largest absolute Gasteiger partial charge is 0.356 e. The lowest BCUT2D eigenvalue weighted by molar-refractivity contribution is -0.122. The maximum Gasteiger partial charge on any atom is 0.220 e. The van der Waals surface area contributed by atoms with Gasteiger partial charge >= 0.3 is 0 Å². The van der Waals surface area contributed by atoms with Crippen molar-refractivity contribution in [2.45, 2.75) is 26.2 Å². The van der Waals surface area contributed by atoms with E-state index >= 15 is 0 Å². The Kier molecular flexibility index (Phi) is 4.73. The van der Waals surface area contributed by atoms with Gasteiger partial charge in [0.15, 0.2) is 0 Å². The molecule has 1 rings (SSSR count). The van der Waals surface area contributed by atoms with Crippen molar-refractivity contribution >= 4 is 15.9 Å². The van der Waals surface area contributed by atoms with Crippen molar-refractivity contribution in [3.8, 4) is 0 Å². The van der Waals surface area contributed by atoms with Gasteiger partial charge in [-0.1, -0.05) is 0 Å². The van der Waals surface area contributed by atoms with Gasteiger partial charge in [0.25, 0.3) is 0 Å². The highest BCUT2D eigenvalue weighted by Gasteiger charge is 2.25. The predicted molar refractivity (Wildman–Crippen MR) is 62.4 cm³/mol. The molecule has 94 valence electrons. The van der Waals surface area contributed by atoms with Crippen LogP contribution in [0.3, 0.4) is 0 Å². The number of piperidine rings is 1. The highest BCUT2D eigenvalue weighted by molar-refractivity contribution is 7.88. The predicted octanol–water partition coefficient (Wildman–Crippen LogP) is 0.184. The summed E-state index contributed by atoms with van der Waals surface area (Å²) in [6.45, 7) is 3.64. The smallest absolute Gasteiger partial charge is 0.220 e. The fourth-order valence-corrected chi connectivity index (χ4v) is 2.85. The van der Waals surface area contributed by atoms with Crippen molar-refractivity contribution in [2.75, 3.05) is 25.9 Å². The second-order valence-electron chi connectivity index (χ2n) is 4.26. The van der Waals surface area contributed by atoms with E-state index in [2.05, 4.69) is 5.32 Å². The van der Waals surface area contributed by atoms with Gasteiger partial charge in [-0.15, -0.1) is 0 Å². The second kappa shape index (κ2) is 5.63. The molecule has 16 heavy (non-hydrogen) atoms. The minimum atomic E-state index is -3.06. The van der Waals surface area contributed by atoms with Gasteiger partial charge in [0, 0.05) is 26.1 Å². The number of rotatable bonds is 4. The van der Waals surface area contributed by atoms with Crippen LogP contribution in [0.4, 0.5) is 0 Å². The van der Waals surface area contributed by atoms with Crippen LogP contribution in [-0.4, -0.2) is 44.5 Å². The SMILES string of the molecule is CCNC(=O)CC1CCN(S(C)(=O)=O)CC1. The topological polar surface area (TPSA) is 66.5 Å². The van der Waals surface area contributed by atoms with Crippen LogP contribution in [0.5, 0.6) is 0 Å². The number of hydrogen-bond donors (Lipinski definition) is 1. The first-order valence-electron chi connectivity index (χ1n) is 5.65. The molecular formula is C10H20N2O3S. The fraction of sp³-hybridized carbons (Fsp3) is 0.900. The van der Waals surface area contributed by atoms with Crippen LogP contribution >= 0.6 is 0 Å². The van der Waals surface area contributed by atoms with Crippen molar-refractivity contribution in [1.29, 1.82) is 0 Å². The number of carbonyl (C=O) groups is 1. The summed E-state index contributed by atoms with van der Waals surface area (Å²) in [7, 11) is -3.06. The molecule has 1 saturated heterocycles. The van der Waals surface area contributed by atoms with Crippen molar-refractivity contribution in [3.63, 3.8) is 0 Å². The Labute approximate surface area is 97.2 Å². The Hall–Kier alpha value is -0.620. The second-order valence-corrected chi connectivity index (χ2v) is 6.25. The molecule has 1 amide bonds. The van der Waals surface area contributed by atoms with Crippen molar-refractivity contribution in [1.82, 2.24) is 9.62 Å². The molecule has 0 radical (unpaired) electrons. The van der Waals surface area contributed by atoms with Gasteiger partial charge in [-0.3, -0.25) is 4.79 Å². The molecule has 1 N–H and O–H groups in total. The van der Waals surface area contributed by atoms with Gasteiger partial charge in [-0.2, -0.15) is 0 Å². The molecule has 0 spiro atoms. The number of nitrogens with one attached hydrogen (secondary N) is 1. The Bertz CT molecular complexity index is 332. The highest BCUT2D eigenvalue weighted by Crippen LogP contribution is 2.21. The van der Waals surface area contributed by atoms with Gasteiger partial charge < -0.3 is 5.32 Å². The molecule has 0 atom stereocenters. The van der Waals surface area contributed by atoms with E-state index in [1.165, 1.54) is 10.6 Å². The molecule has 0 aromatic carbocycles. The molecule has 1 fully saturated rings. The first-order chi connectivity index (χ1) is 7.43. The number of nitrogens with zero attached hydrogens (tertiary/aromatic N) is 1. The summed E-state index contributed by atoms with van der Waals surface area (Å²) in [6, 6.07) is 0. The molecule has 1 aliphatic rings. The van der Waals surface area contributed by atoms with E-state index in [1.54, 1.807) is 0 Å². The first-order valence-corrected chi connectivity index (χ1v) is 7.50. The Morgan fingerprint density at radius 2 is 1.94 bits per heavy atom. The lowest BCUT2D eigenvalue weighted by atomic mass is 9.94. The van der Waals surface area contributed by atoms with Gasteiger partial charge in [0.2, 0.25) is 15.9 Å². The van der Waals surface area contributed by atoms with Crippen LogP contribution in [0.25, 0.3) is 0 Å². The Balaban J connectivity index is 2.35. The zero-order valence-corrected chi connectivity index (χ0v) is 10.7. The molecule has 0 saturated carbocycles. The lowest BCUT2D eigenvalue weighted by Gasteiger charge is -2.29. The molecule has 0 bridgehead atoms. The molecule has 6 heteroatoms. The third-order valence-electron chi connectivity index (χ3n) is 2.89.